The lowest BCUT2D eigenvalue weighted by Crippen LogP contribution is -2.47. The molecule has 1 aliphatic rings. The number of aromatic amines is 3. The summed E-state index contributed by atoms with van der Waals surface area (Å²) in [7, 11) is 5.57. The molecule has 125 heavy (non-hydrogen) atoms. The first-order chi connectivity index (χ1) is 60.4. The number of nitrogens with zero attached hydrogens (tertiary/aromatic N) is 11. The molecule has 0 saturated heterocycles. The van der Waals surface area contributed by atoms with Crippen LogP contribution in [0.25, 0.3) is 48.5 Å². The van der Waals surface area contributed by atoms with Crippen molar-refractivity contribution in [3.05, 3.63) is 356 Å². The highest BCUT2D eigenvalue weighted by molar-refractivity contribution is 9.11. The number of carbonyl (C=O) groups is 2. The number of hydrogen-bond donors (Lipinski definition) is 9. The van der Waals surface area contributed by atoms with Crippen LogP contribution in [-0.2, 0) is 26.2 Å². The molecule has 16 aromatic rings. The third kappa shape index (κ3) is 26.1. The minimum Gasteiger partial charge on any atom is -0.422 e. The standard InChI is InChI=1S/C32H28N6O2S.C23H23BN4O3.2C9H7BrN2OS.C8H18N2.C5H4BrNO.C4H4BrNS/c1-21-17-35-32(41-21)38-15-9-14-24(31(38)40)27-16-25-26(30(39)33-2)18-34-29(28(25)36-27)37(19-22-10-5-3-6-11-22)20-23-12-7-4-8-13-23;1-25-23(29)19-13-26-22(21-18(19)12-20(27-21)24(30)31)28(14-16-8-4-2-5-9-16)15-17-10-6-3-7-11-17;2*1-6-5-11-9(14-6)12-4-2-3-7(10)8(12)13;1-9-7-5-3-4-6-8(7)10-2;6-4-2-1-3-7-5(4)8;1-3-2-6-4(5)7-3/h3-18,36H,19-20H2,1-2H3,(H,33,39);2-13,27,30-31H,14-15H2,1H3,(H,25,29);2*2-5H,1H3;7-10H,3-6H2,1-2H3;1-3H,(H,7,8);2H,1H3/t;;;;7-,8-;;/m....1../s1. The van der Waals surface area contributed by atoms with Crippen molar-refractivity contribution in [3.8, 4) is 26.7 Å². The van der Waals surface area contributed by atoms with Crippen LogP contribution in [0.1, 0.15) is 88.2 Å². The number of anilines is 2. The van der Waals surface area contributed by atoms with Crippen LogP contribution in [0.3, 0.4) is 0 Å². The highest BCUT2D eigenvalue weighted by Gasteiger charge is 2.26. The van der Waals surface area contributed by atoms with E-state index in [0.29, 0.717) is 123 Å². The smallest absolute Gasteiger partial charge is 0.422 e. The van der Waals surface area contributed by atoms with E-state index in [-0.39, 0.29) is 39.6 Å². The van der Waals surface area contributed by atoms with Crippen LogP contribution < -0.4 is 58.9 Å². The average Bonchev–Trinajstić information content (AvgIpc) is 1.62. The molecule has 644 valence electrons. The molecular weight excluding hydrogens is 1920 g/mol. The molecule has 12 aromatic heterocycles. The molecule has 0 spiro atoms. The Balaban J connectivity index is 0.000000157. The molecule has 1 fully saturated rings. The minimum atomic E-state index is -1.69. The van der Waals surface area contributed by atoms with E-state index in [0.717, 1.165) is 40.8 Å². The summed E-state index contributed by atoms with van der Waals surface area (Å²) >= 11 is 18.8. The Morgan fingerprint density at radius 2 is 0.832 bits per heavy atom. The zero-order valence-electron chi connectivity index (χ0n) is 69.4. The molecule has 0 bridgehead atoms. The zero-order chi connectivity index (χ0) is 89.1. The molecule has 0 radical (unpaired) electrons. The molecule has 1 aliphatic carbocycles. The number of aryl methyl sites for hydroxylation is 4. The van der Waals surface area contributed by atoms with Crippen LogP contribution in [-0.4, -0.2) is 128 Å². The normalized spacial score (nSPS) is 12.5. The van der Waals surface area contributed by atoms with E-state index in [2.05, 4.69) is 173 Å². The third-order valence-corrected chi connectivity index (χ3v) is 25.3. The first-order valence-corrected chi connectivity index (χ1v) is 45.9. The van der Waals surface area contributed by atoms with Gasteiger partial charge in [-0.05, 0) is 201 Å². The van der Waals surface area contributed by atoms with Crippen molar-refractivity contribution in [1.29, 1.82) is 0 Å². The van der Waals surface area contributed by atoms with Gasteiger partial charge in [0.15, 0.2) is 30.9 Å². The number of aromatic nitrogens is 12. The topological polar surface area (TPSA) is 337 Å². The van der Waals surface area contributed by atoms with Gasteiger partial charge in [-0.1, -0.05) is 134 Å². The van der Waals surface area contributed by atoms with Crippen molar-refractivity contribution in [2.24, 2.45) is 0 Å². The SMILES string of the molecule is CNC(=O)c1cnc(N(Cc2ccccc2)Cc2ccccc2)c2[nH]c(-c3cccn(-c4ncc(C)s4)c3=O)cc12.CNC(=O)c1cnc(N(Cc2ccccc2)Cc2ccccc2)c2[nH]c(B(O)O)cc12.CN[C@@H]1CCCC[C@H]1NC.Cc1cnc(-n2cccc(Br)c2=O)s1.Cc1cnc(-n2cccc(Br)c2=O)s1.Cc1cnc(Br)s1.O=c1[nH]cccc1Br. The Bertz CT molecular complexity index is 6260. The predicted octanol–water partition coefficient (Wildman–Crippen LogP) is 16.3. The molecule has 2 atom stereocenters. The first-order valence-electron chi connectivity index (χ1n) is 39.4. The van der Waals surface area contributed by atoms with Crippen molar-refractivity contribution in [2.75, 3.05) is 38.0 Å². The lowest BCUT2D eigenvalue weighted by atomic mass is 9.86. The van der Waals surface area contributed by atoms with Crippen LogP contribution >= 0.6 is 109 Å². The minimum absolute atomic E-state index is 0.0816. The lowest BCUT2D eigenvalue weighted by molar-refractivity contribution is 0.0956. The van der Waals surface area contributed by atoms with E-state index >= 15 is 0 Å². The van der Waals surface area contributed by atoms with Crippen molar-refractivity contribution in [3.63, 3.8) is 0 Å². The molecule has 0 unspecified atom stereocenters. The Hall–Kier alpha value is -11.1. The third-order valence-electron chi connectivity index (χ3n) is 19.4. The van der Waals surface area contributed by atoms with Crippen molar-refractivity contribution < 1.29 is 19.6 Å². The quantitative estimate of drug-likeness (QED) is 0.0340. The number of hydrogen-bond acceptors (Lipinski definition) is 22. The number of rotatable bonds is 19. The fourth-order valence-corrected chi connectivity index (χ4v) is 17.8. The Morgan fingerprint density at radius 3 is 1.17 bits per heavy atom. The van der Waals surface area contributed by atoms with Gasteiger partial charge in [-0.3, -0.25) is 42.5 Å². The van der Waals surface area contributed by atoms with E-state index in [1.807, 2.05) is 155 Å². The van der Waals surface area contributed by atoms with Crippen molar-refractivity contribution >= 4 is 167 Å². The number of likely N-dealkylation sites (N-methyl/N-ethyl adjacent to an activating group) is 2. The van der Waals surface area contributed by atoms with Crippen LogP contribution in [0.5, 0.6) is 0 Å². The van der Waals surface area contributed by atoms with Gasteiger partial charge < -0.3 is 56.1 Å². The van der Waals surface area contributed by atoms with E-state index in [4.69, 9.17) is 4.98 Å². The van der Waals surface area contributed by atoms with Crippen molar-refractivity contribution in [2.45, 2.75) is 91.6 Å². The van der Waals surface area contributed by atoms with Crippen LogP contribution in [0.2, 0.25) is 0 Å². The maximum Gasteiger partial charge on any atom is 0.505 e. The zero-order valence-corrected chi connectivity index (χ0v) is 79.0. The fourth-order valence-electron chi connectivity index (χ4n) is 13.2. The summed E-state index contributed by atoms with van der Waals surface area (Å²) < 4.78 is 7.24. The molecule has 4 aromatic carbocycles. The molecule has 17 rings (SSSR count). The van der Waals surface area contributed by atoms with Crippen LogP contribution in [0.4, 0.5) is 11.6 Å². The van der Waals surface area contributed by atoms with E-state index in [1.165, 1.54) is 79.9 Å². The van der Waals surface area contributed by atoms with Crippen LogP contribution in [0, 0.1) is 27.7 Å². The van der Waals surface area contributed by atoms with Gasteiger partial charge in [0.1, 0.15) is 0 Å². The van der Waals surface area contributed by atoms with E-state index < -0.39 is 7.12 Å². The second-order valence-electron chi connectivity index (χ2n) is 28.2. The Labute approximate surface area is 771 Å². The first kappa shape index (κ1) is 94.6. The van der Waals surface area contributed by atoms with Gasteiger partial charge in [-0.25, -0.2) is 29.9 Å². The number of carbonyl (C=O) groups excluding carboxylic acids is 2. The van der Waals surface area contributed by atoms with Gasteiger partial charge in [-0.15, -0.1) is 45.3 Å². The molecule has 0 aliphatic heterocycles. The second-order valence-corrected chi connectivity index (χ2v) is 36.9. The summed E-state index contributed by atoms with van der Waals surface area (Å²) in [6, 6.07) is 59.5. The monoisotopic (exact) mass is 2010 g/mol. The Kier molecular flexibility index (Phi) is 35.4. The number of pyridine rings is 6. The molecule has 2 amide bonds. The number of amides is 2. The predicted molar refractivity (Wildman–Crippen MR) is 520 cm³/mol. The van der Waals surface area contributed by atoms with Gasteiger partial charge in [0.25, 0.3) is 34.1 Å². The maximum atomic E-state index is 13.6. The summed E-state index contributed by atoms with van der Waals surface area (Å²) in [6.45, 7) is 10.3. The lowest BCUT2D eigenvalue weighted by Gasteiger charge is -2.30. The highest BCUT2D eigenvalue weighted by atomic mass is 79.9. The van der Waals surface area contributed by atoms with Crippen LogP contribution in [0.15, 0.2) is 280 Å². The van der Waals surface area contributed by atoms with Gasteiger partial charge in [-0.2, -0.15) is 0 Å². The van der Waals surface area contributed by atoms with E-state index in [1.54, 1.807) is 116 Å². The summed E-state index contributed by atoms with van der Waals surface area (Å²) in [5.41, 5.74) is 7.37. The fraction of sp³-hybridized carbons (Fsp3) is 0.200. The Morgan fingerprint density at radius 1 is 0.456 bits per heavy atom. The van der Waals surface area contributed by atoms with Crippen molar-refractivity contribution in [1.82, 2.24) is 79.8 Å². The number of fused-ring (bicyclic) bond motifs is 2. The maximum absolute atomic E-state index is 13.6. The average molecular weight is 2010 g/mol. The summed E-state index contributed by atoms with van der Waals surface area (Å²) in [5, 5.41) is 34.7. The number of H-pyrrole nitrogens is 3. The second kappa shape index (κ2) is 46.8. The summed E-state index contributed by atoms with van der Waals surface area (Å²) in [5.74, 6) is 0.779. The highest BCUT2D eigenvalue weighted by Crippen LogP contribution is 2.34. The molecular formula is C90H91BBr4N18O8S4. The number of benzene rings is 4. The van der Waals surface area contributed by atoms with Gasteiger partial charge in [0.05, 0.1) is 46.8 Å². The molecule has 9 N–H and O–H groups in total. The van der Waals surface area contributed by atoms with Gasteiger partial charge in [0, 0.05) is 150 Å². The largest absolute Gasteiger partial charge is 0.505 e. The number of thiazole rings is 4. The molecule has 12 heterocycles. The summed E-state index contributed by atoms with van der Waals surface area (Å²) in [6.07, 6.45) is 22.4. The summed E-state index contributed by atoms with van der Waals surface area (Å²) in [4.78, 5) is 117. The molecule has 1 saturated carbocycles. The van der Waals surface area contributed by atoms with Gasteiger partial charge in [0.2, 0.25) is 0 Å². The number of nitrogens with one attached hydrogen (secondary N) is 7. The van der Waals surface area contributed by atoms with Gasteiger partial charge >= 0.3 is 7.12 Å². The molecule has 26 nitrogen and oxygen atoms in total. The number of halogens is 4. The van der Waals surface area contributed by atoms with E-state index in [9.17, 15) is 38.8 Å². The molecule has 35 heteroatoms.